The molecule has 0 atom stereocenters. The van der Waals surface area contributed by atoms with E-state index in [0.29, 0.717) is 16.6 Å². The Labute approximate surface area is 148 Å². The molecule has 0 aliphatic carbocycles. The van der Waals surface area contributed by atoms with Gasteiger partial charge in [-0.15, -0.1) is 0 Å². The molecule has 0 aliphatic rings. The number of para-hydroxylation sites is 1. The summed E-state index contributed by atoms with van der Waals surface area (Å²) in [4.78, 5) is 2.17. The summed E-state index contributed by atoms with van der Waals surface area (Å²) < 4.78 is 10.5. The Morgan fingerprint density at radius 2 is 1.75 bits per heavy atom. The molecule has 0 fully saturated rings. The molecule has 0 saturated carbocycles. The number of nitrogens with zero attached hydrogens (tertiary/aromatic N) is 1. The van der Waals surface area contributed by atoms with Crippen LogP contribution < -0.4 is 25.0 Å². The molecule has 2 N–H and O–H groups in total. The van der Waals surface area contributed by atoms with E-state index in [-0.39, 0.29) is 0 Å². The summed E-state index contributed by atoms with van der Waals surface area (Å²) in [6.45, 7) is 1.59. The van der Waals surface area contributed by atoms with Crippen LogP contribution in [0.5, 0.6) is 11.5 Å². The third kappa shape index (κ3) is 5.03. The number of nitrogens with one attached hydrogen (secondary N) is 2. The first-order valence-electron chi connectivity index (χ1n) is 7.67. The fourth-order valence-corrected chi connectivity index (χ4v) is 2.46. The topological polar surface area (TPSA) is 45.8 Å². The normalized spacial score (nSPS) is 9.96. The Balaban J connectivity index is 1.81. The van der Waals surface area contributed by atoms with E-state index in [0.717, 1.165) is 18.8 Å². The highest BCUT2D eigenvalue weighted by Gasteiger charge is 2.06. The number of likely N-dealkylation sites (N-methyl/N-ethyl adjacent to an activating group) is 1. The first-order valence-corrected chi connectivity index (χ1v) is 8.08. The number of thiocarbonyl (C=S) groups is 1. The number of ether oxygens (including phenoxy) is 2. The van der Waals surface area contributed by atoms with Crippen LogP contribution in [-0.4, -0.2) is 39.5 Å². The zero-order valence-electron chi connectivity index (χ0n) is 14.2. The van der Waals surface area contributed by atoms with Gasteiger partial charge >= 0.3 is 0 Å². The monoisotopic (exact) mass is 345 g/mol. The molecule has 2 aromatic carbocycles. The predicted octanol–water partition coefficient (Wildman–Crippen LogP) is 3.13. The molecule has 2 aromatic rings. The van der Waals surface area contributed by atoms with Gasteiger partial charge in [-0.05, 0) is 36.5 Å². The summed E-state index contributed by atoms with van der Waals surface area (Å²) in [5, 5.41) is 6.93. The quantitative estimate of drug-likeness (QED) is 0.752. The molecule has 0 amide bonds. The second kappa shape index (κ2) is 8.98. The molecule has 0 saturated heterocycles. The van der Waals surface area contributed by atoms with Crippen LogP contribution in [0.15, 0.2) is 48.5 Å². The lowest BCUT2D eigenvalue weighted by molar-refractivity contribution is 0.355. The van der Waals surface area contributed by atoms with Gasteiger partial charge in [0, 0.05) is 37.6 Å². The van der Waals surface area contributed by atoms with Crippen LogP contribution in [0.3, 0.4) is 0 Å². The van der Waals surface area contributed by atoms with Crippen molar-refractivity contribution in [1.82, 2.24) is 5.32 Å². The smallest absolute Gasteiger partial charge is 0.170 e. The van der Waals surface area contributed by atoms with E-state index < -0.39 is 0 Å². The van der Waals surface area contributed by atoms with Crippen LogP contribution in [0.4, 0.5) is 11.4 Å². The molecule has 0 radical (unpaired) electrons. The molecule has 24 heavy (non-hydrogen) atoms. The first kappa shape index (κ1) is 17.9. The maximum atomic E-state index is 5.33. The van der Waals surface area contributed by atoms with E-state index in [1.54, 1.807) is 14.2 Å². The molecular weight excluding hydrogens is 322 g/mol. The van der Waals surface area contributed by atoms with Crippen molar-refractivity contribution in [3.63, 3.8) is 0 Å². The van der Waals surface area contributed by atoms with Gasteiger partial charge in [0.15, 0.2) is 16.6 Å². The summed E-state index contributed by atoms with van der Waals surface area (Å²) in [6, 6.07) is 15.8. The Bertz CT molecular complexity index is 665. The Kier molecular flexibility index (Phi) is 6.69. The van der Waals surface area contributed by atoms with Crippen LogP contribution in [0.1, 0.15) is 0 Å². The molecule has 2 rings (SSSR count). The van der Waals surface area contributed by atoms with E-state index in [2.05, 4.69) is 34.7 Å². The van der Waals surface area contributed by atoms with Gasteiger partial charge in [-0.1, -0.05) is 18.2 Å². The van der Waals surface area contributed by atoms with Crippen LogP contribution in [0.25, 0.3) is 0 Å². The Morgan fingerprint density at radius 1 is 1.04 bits per heavy atom. The van der Waals surface area contributed by atoms with Gasteiger partial charge in [0.25, 0.3) is 0 Å². The van der Waals surface area contributed by atoms with Crippen LogP contribution in [-0.2, 0) is 0 Å². The minimum atomic E-state index is 0.573. The van der Waals surface area contributed by atoms with Crippen LogP contribution in [0.2, 0.25) is 0 Å². The second-order valence-electron chi connectivity index (χ2n) is 5.21. The van der Waals surface area contributed by atoms with Crippen LogP contribution >= 0.6 is 12.2 Å². The molecule has 0 bridgehead atoms. The first-order chi connectivity index (χ1) is 11.6. The van der Waals surface area contributed by atoms with Crippen molar-refractivity contribution in [3.8, 4) is 11.5 Å². The molecule has 128 valence electrons. The van der Waals surface area contributed by atoms with E-state index in [4.69, 9.17) is 21.7 Å². The van der Waals surface area contributed by atoms with Gasteiger partial charge in [0.1, 0.15) is 0 Å². The van der Waals surface area contributed by atoms with Gasteiger partial charge in [0.05, 0.1) is 14.2 Å². The largest absolute Gasteiger partial charge is 0.493 e. The van der Waals surface area contributed by atoms with Crippen molar-refractivity contribution in [3.05, 3.63) is 48.5 Å². The van der Waals surface area contributed by atoms with Gasteiger partial charge in [-0.3, -0.25) is 0 Å². The molecule has 0 aromatic heterocycles. The van der Waals surface area contributed by atoms with Crippen molar-refractivity contribution in [2.24, 2.45) is 0 Å². The van der Waals surface area contributed by atoms with Crippen molar-refractivity contribution in [2.75, 3.05) is 44.6 Å². The lowest BCUT2D eigenvalue weighted by Crippen LogP contribution is -2.35. The van der Waals surface area contributed by atoms with Gasteiger partial charge in [0.2, 0.25) is 0 Å². The minimum Gasteiger partial charge on any atom is -0.493 e. The maximum Gasteiger partial charge on any atom is 0.170 e. The third-order valence-corrected chi connectivity index (χ3v) is 3.82. The van der Waals surface area contributed by atoms with Crippen LogP contribution in [0, 0.1) is 0 Å². The van der Waals surface area contributed by atoms with Crippen molar-refractivity contribution >= 4 is 28.7 Å². The number of benzene rings is 2. The molecule has 0 spiro atoms. The fourth-order valence-electron chi connectivity index (χ4n) is 2.24. The lowest BCUT2D eigenvalue weighted by atomic mass is 10.3. The van der Waals surface area contributed by atoms with Crippen molar-refractivity contribution in [1.29, 1.82) is 0 Å². The predicted molar refractivity (Wildman–Crippen MR) is 103 cm³/mol. The molecular formula is C18H23N3O2S. The maximum absolute atomic E-state index is 5.33. The summed E-state index contributed by atoms with van der Waals surface area (Å²) in [5.74, 6) is 1.35. The number of rotatable bonds is 7. The molecule has 5 nitrogen and oxygen atoms in total. The molecule has 6 heteroatoms. The summed E-state index contributed by atoms with van der Waals surface area (Å²) in [6.07, 6.45) is 0. The number of anilines is 2. The number of hydrogen-bond acceptors (Lipinski definition) is 4. The van der Waals surface area contributed by atoms with Crippen molar-refractivity contribution in [2.45, 2.75) is 0 Å². The standard InChI is InChI=1S/C18H23N3O2S/c1-21(15-7-5-4-6-8-15)12-11-19-18(24)20-14-9-10-16(22-2)17(13-14)23-3/h4-10,13H,11-12H2,1-3H3,(H2,19,20,24). The summed E-state index contributed by atoms with van der Waals surface area (Å²) in [5.41, 5.74) is 2.03. The average molecular weight is 345 g/mol. The van der Waals surface area contributed by atoms with E-state index in [9.17, 15) is 0 Å². The van der Waals surface area contributed by atoms with E-state index >= 15 is 0 Å². The zero-order chi connectivity index (χ0) is 17.4. The number of hydrogen-bond donors (Lipinski definition) is 2. The van der Waals surface area contributed by atoms with E-state index in [1.165, 1.54) is 5.69 Å². The molecule has 0 aliphatic heterocycles. The van der Waals surface area contributed by atoms with Gasteiger partial charge in [-0.2, -0.15) is 0 Å². The van der Waals surface area contributed by atoms with Crippen molar-refractivity contribution < 1.29 is 9.47 Å². The fraction of sp³-hybridized carbons (Fsp3) is 0.278. The van der Waals surface area contributed by atoms with E-state index in [1.807, 2.05) is 36.4 Å². The second-order valence-corrected chi connectivity index (χ2v) is 5.62. The lowest BCUT2D eigenvalue weighted by Gasteiger charge is -2.20. The summed E-state index contributed by atoms with van der Waals surface area (Å²) >= 11 is 5.33. The third-order valence-electron chi connectivity index (χ3n) is 3.57. The zero-order valence-corrected chi connectivity index (χ0v) is 15.0. The minimum absolute atomic E-state index is 0.573. The average Bonchev–Trinajstić information content (AvgIpc) is 2.62. The Hall–Kier alpha value is -2.47. The van der Waals surface area contributed by atoms with Gasteiger partial charge in [-0.25, -0.2) is 0 Å². The highest BCUT2D eigenvalue weighted by atomic mass is 32.1. The highest BCUT2D eigenvalue weighted by molar-refractivity contribution is 7.80. The number of methoxy groups -OCH3 is 2. The summed E-state index contributed by atoms with van der Waals surface area (Å²) in [7, 11) is 5.28. The SMILES string of the molecule is COc1ccc(NC(=S)NCCN(C)c2ccccc2)cc1OC. The molecule has 0 unspecified atom stereocenters. The Morgan fingerprint density at radius 3 is 2.42 bits per heavy atom. The highest BCUT2D eigenvalue weighted by Crippen LogP contribution is 2.29. The van der Waals surface area contributed by atoms with Gasteiger partial charge < -0.3 is 25.0 Å². The molecule has 0 heterocycles.